The Labute approximate surface area is 186 Å². The van der Waals surface area contributed by atoms with Crippen molar-refractivity contribution in [2.24, 2.45) is 0 Å². The van der Waals surface area contributed by atoms with Crippen molar-refractivity contribution >= 4 is 22.8 Å². The molecule has 0 unspecified atom stereocenters. The Bertz CT molecular complexity index is 1340. The van der Waals surface area contributed by atoms with Crippen LogP contribution in [0.15, 0.2) is 33.9 Å². The smallest absolute Gasteiger partial charge is 0.323 e. The molecule has 1 aromatic carbocycles. The highest BCUT2D eigenvalue weighted by Gasteiger charge is 2.17. The minimum absolute atomic E-state index is 0.0682. The van der Waals surface area contributed by atoms with E-state index in [9.17, 15) is 14.0 Å². The van der Waals surface area contributed by atoms with E-state index in [0.717, 1.165) is 18.4 Å². The molecule has 0 aliphatic carbocycles. The molecule has 3 aromatic heterocycles. The molecule has 0 saturated heterocycles. The average molecular weight is 461 g/mol. The van der Waals surface area contributed by atoms with Crippen LogP contribution in [0.2, 0.25) is 5.28 Å². The fraction of sp³-hybridized carbons (Fsp3) is 0.400. The van der Waals surface area contributed by atoms with Gasteiger partial charge in [0.2, 0.25) is 5.28 Å². The van der Waals surface area contributed by atoms with Crippen LogP contribution in [0.1, 0.15) is 37.6 Å². The summed E-state index contributed by atoms with van der Waals surface area (Å²) in [6.45, 7) is 3.06. The van der Waals surface area contributed by atoms with Crippen LogP contribution in [0.3, 0.4) is 0 Å². The van der Waals surface area contributed by atoms with E-state index in [2.05, 4.69) is 25.5 Å². The van der Waals surface area contributed by atoms with Crippen LogP contribution >= 0.6 is 11.6 Å². The Balaban J connectivity index is 1.53. The molecule has 4 rings (SSSR count). The van der Waals surface area contributed by atoms with Gasteiger partial charge in [-0.05, 0) is 52.6 Å². The summed E-state index contributed by atoms with van der Waals surface area (Å²) >= 11 is 5.95. The summed E-state index contributed by atoms with van der Waals surface area (Å²) in [6, 6.07) is 6.13. The van der Waals surface area contributed by atoms with Gasteiger partial charge in [-0.15, -0.1) is 5.10 Å². The van der Waals surface area contributed by atoms with Gasteiger partial charge in [-0.25, -0.2) is 13.9 Å². The number of nitrogens with one attached hydrogen (secondary N) is 1. The first-order valence-corrected chi connectivity index (χ1v) is 10.7. The highest BCUT2D eigenvalue weighted by molar-refractivity contribution is 6.28. The van der Waals surface area contributed by atoms with Crippen LogP contribution in [0.5, 0.6) is 0 Å². The molecule has 4 aromatic rings. The van der Waals surface area contributed by atoms with Crippen molar-refractivity contribution in [2.75, 3.05) is 0 Å². The largest absolute Gasteiger partial charge is 0.332 e. The number of nitrogens with zero attached hydrogens (tertiary/aromatic N) is 7. The predicted octanol–water partition coefficient (Wildman–Crippen LogP) is 2.15. The van der Waals surface area contributed by atoms with E-state index in [0.29, 0.717) is 31.8 Å². The molecule has 0 aliphatic rings. The van der Waals surface area contributed by atoms with Crippen LogP contribution in [0, 0.1) is 5.82 Å². The number of hydrogen-bond donors (Lipinski definition) is 1. The molecular formula is C20H22ClFN8O2. The number of aryl methyl sites for hydroxylation is 2. The molecule has 0 aliphatic heterocycles. The second kappa shape index (κ2) is 9.43. The van der Waals surface area contributed by atoms with Gasteiger partial charge >= 0.3 is 5.69 Å². The summed E-state index contributed by atoms with van der Waals surface area (Å²) < 4.78 is 17.4. The van der Waals surface area contributed by atoms with Crippen molar-refractivity contribution in [3.05, 3.63) is 67.6 Å². The van der Waals surface area contributed by atoms with E-state index in [1.54, 1.807) is 16.8 Å². The van der Waals surface area contributed by atoms with Crippen LogP contribution in [-0.2, 0) is 26.1 Å². The molecule has 1 N–H and O–H groups in total. The highest BCUT2D eigenvalue weighted by atomic mass is 35.5. The molecule has 0 radical (unpaired) electrons. The molecule has 0 saturated carbocycles. The Morgan fingerprint density at radius 1 is 1.06 bits per heavy atom. The van der Waals surface area contributed by atoms with Crippen molar-refractivity contribution in [1.82, 2.24) is 39.3 Å². The van der Waals surface area contributed by atoms with E-state index >= 15 is 0 Å². The van der Waals surface area contributed by atoms with Gasteiger partial charge in [0, 0.05) is 26.1 Å². The molecule has 0 atom stereocenters. The van der Waals surface area contributed by atoms with E-state index in [4.69, 9.17) is 11.6 Å². The summed E-state index contributed by atoms with van der Waals surface area (Å²) in [5.41, 5.74) is 0.490. The number of halogens is 2. The Hall–Kier alpha value is -3.34. The highest BCUT2D eigenvalue weighted by Crippen LogP contribution is 2.11. The Kier molecular flexibility index (Phi) is 6.45. The van der Waals surface area contributed by atoms with E-state index in [-0.39, 0.29) is 28.8 Å². The third kappa shape index (κ3) is 4.47. The van der Waals surface area contributed by atoms with Gasteiger partial charge in [0.05, 0.1) is 0 Å². The lowest BCUT2D eigenvalue weighted by molar-refractivity contribution is 0.475. The zero-order valence-electron chi connectivity index (χ0n) is 17.5. The number of tetrazole rings is 1. The Morgan fingerprint density at radius 3 is 2.56 bits per heavy atom. The van der Waals surface area contributed by atoms with Crippen molar-refractivity contribution in [2.45, 2.75) is 52.2 Å². The van der Waals surface area contributed by atoms with Gasteiger partial charge < -0.3 is 4.98 Å². The maximum Gasteiger partial charge on any atom is 0.332 e. The van der Waals surface area contributed by atoms with Crippen molar-refractivity contribution in [3.63, 3.8) is 0 Å². The van der Waals surface area contributed by atoms with Crippen LogP contribution < -0.4 is 11.2 Å². The van der Waals surface area contributed by atoms with E-state index in [1.165, 1.54) is 21.3 Å². The maximum atomic E-state index is 13.1. The minimum Gasteiger partial charge on any atom is -0.323 e. The average Bonchev–Trinajstić information content (AvgIpc) is 3.38. The number of aromatic amines is 1. The third-order valence-electron chi connectivity index (χ3n) is 5.20. The van der Waals surface area contributed by atoms with E-state index in [1.807, 2.05) is 6.92 Å². The second-order valence-electron chi connectivity index (χ2n) is 7.45. The molecule has 0 bridgehead atoms. The third-order valence-corrected chi connectivity index (χ3v) is 5.38. The van der Waals surface area contributed by atoms with Crippen molar-refractivity contribution < 1.29 is 4.39 Å². The zero-order chi connectivity index (χ0) is 22.7. The van der Waals surface area contributed by atoms with Gasteiger partial charge in [0.25, 0.3) is 5.56 Å². The summed E-state index contributed by atoms with van der Waals surface area (Å²) in [5.74, 6) is 0.305. The van der Waals surface area contributed by atoms with Gasteiger partial charge in [-0.1, -0.05) is 25.5 Å². The summed E-state index contributed by atoms with van der Waals surface area (Å²) in [5, 5.41) is 11.8. The van der Waals surface area contributed by atoms with Gasteiger partial charge in [-0.2, -0.15) is 4.98 Å². The van der Waals surface area contributed by atoms with Crippen LogP contribution in [0.4, 0.5) is 4.39 Å². The molecule has 12 heteroatoms. The van der Waals surface area contributed by atoms with Gasteiger partial charge in [0.15, 0.2) is 17.0 Å². The first kappa shape index (κ1) is 21.9. The van der Waals surface area contributed by atoms with Crippen molar-refractivity contribution in [3.8, 4) is 0 Å². The molecule has 168 valence electrons. The summed E-state index contributed by atoms with van der Waals surface area (Å²) in [7, 11) is 0. The molecule has 0 amide bonds. The second-order valence-corrected chi connectivity index (χ2v) is 7.80. The lowest BCUT2D eigenvalue weighted by Gasteiger charge is -2.11. The number of fused-ring (bicyclic) bond motifs is 1. The normalized spacial score (nSPS) is 11.5. The number of unbranched alkanes of at least 4 members (excludes halogenated alkanes) is 1. The van der Waals surface area contributed by atoms with Gasteiger partial charge in [-0.3, -0.25) is 13.9 Å². The number of hydrogen-bond acceptors (Lipinski definition) is 6. The summed E-state index contributed by atoms with van der Waals surface area (Å²) in [6.07, 6.45) is 2.56. The van der Waals surface area contributed by atoms with Crippen molar-refractivity contribution in [1.29, 1.82) is 0 Å². The lowest BCUT2D eigenvalue weighted by atomic mass is 10.1. The fourth-order valence-electron chi connectivity index (χ4n) is 3.54. The van der Waals surface area contributed by atoms with E-state index < -0.39 is 11.2 Å². The Morgan fingerprint density at radius 2 is 1.81 bits per heavy atom. The molecule has 0 fully saturated rings. The first-order valence-electron chi connectivity index (χ1n) is 10.4. The zero-order valence-corrected chi connectivity index (χ0v) is 18.2. The number of imidazole rings is 1. The topological polar surface area (TPSA) is 116 Å². The quantitative estimate of drug-likeness (QED) is 0.382. The lowest BCUT2D eigenvalue weighted by Crippen LogP contribution is -2.40. The molecule has 32 heavy (non-hydrogen) atoms. The predicted molar refractivity (Wildman–Crippen MR) is 116 cm³/mol. The standard InChI is InChI=1S/C20H22ClFN8O2/c1-2-3-9-28-17-16(23-19(21)24-17)18(31)29(20(28)32)10-4-11-30-15(25-26-27-30)12-13-5-7-14(22)8-6-13/h5-8H,2-4,9-12H2,1H3,(H,23,24). The maximum absolute atomic E-state index is 13.1. The number of aromatic nitrogens is 8. The molecular weight excluding hydrogens is 439 g/mol. The number of rotatable bonds is 9. The monoisotopic (exact) mass is 460 g/mol. The minimum atomic E-state index is -0.458. The number of H-pyrrole nitrogens is 1. The van der Waals surface area contributed by atoms with Crippen LogP contribution in [-0.4, -0.2) is 39.3 Å². The van der Waals surface area contributed by atoms with Gasteiger partial charge in [0.1, 0.15) is 5.82 Å². The molecule has 0 spiro atoms. The summed E-state index contributed by atoms with van der Waals surface area (Å²) in [4.78, 5) is 32.7. The SMILES string of the molecule is CCCCn1c(=O)n(CCCn2nnnc2Cc2ccc(F)cc2)c(=O)c2[nH]c(Cl)nc21. The van der Waals surface area contributed by atoms with Crippen LogP contribution in [0.25, 0.3) is 11.2 Å². The number of benzene rings is 1. The molecule has 10 nitrogen and oxygen atoms in total. The first-order chi connectivity index (χ1) is 15.5. The molecule has 3 heterocycles. The fourth-order valence-corrected chi connectivity index (χ4v) is 3.71.